The highest BCUT2D eigenvalue weighted by Crippen LogP contribution is 2.44. The third kappa shape index (κ3) is 18.3. The molecule has 1 heterocycles. The van der Waals surface area contributed by atoms with Crippen LogP contribution in [0.25, 0.3) is 11.0 Å². The van der Waals surface area contributed by atoms with E-state index in [0.29, 0.717) is 42.5 Å². The highest BCUT2D eigenvalue weighted by Gasteiger charge is 2.32. The Morgan fingerprint density at radius 2 is 1.62 bits per heavy atom. The van der Waals surface area contributed by atoms with Gasteiger partial charge in [0.2, 0.25) is 11.4 Å². The van der Waals surface area contributed by atoms with Gasteiger partial charge in [-0.15, -0.1) is 0 Å². The van der Waals surface area contributed by atoms with E-state index in [4.69, 9.17) is 9.05 Å². The van der Waals surface area contributed by atoms with Crippen LogP contribution in [-0.2, 0) is 18.4 Å². The maximum Gasteiger partial charge on any atom is 0.474 e. The standard InChI is InChI=1S/C34H59N6O9P/c1-5-6-7-8-9-10-11-12-13-14-15-16-18-21-30(41)34(48-50(45,46)47-27-26-40(2,3)4)36-31(42)22-19-17-20-25-35-28-23-24-29(39(43)44)33-32(28)37-49-38-33/h18,21,23-24,30,34,41H,5-17,19-20,22,25-27H2,1-4H3,(H2-,35,36,38,42,45,46)/p+1/b21-18+/t30-,34+/m1/s1. The number of phosphoric ester groups is 1. The van der Waals surface area contributed by atoms with Crippen molar-refractivity contribution < 1.29 is 42.4 Å². The number of rotatable bonds is 29. The van der Waals surface area contributed by atoms with Crippen LogP contribution in [0.4, 0.5) is 11.4 Å². The molecule has 1 aromatic carbocycles. The molecule has 1 amide bonds. The molecule has 0 aliphatic heterocycles. The molecule has 0 radical (unpaired) electrons. The van der Waals surface area contributed by atoms with Gasteiger partial charge in [-0.05, 0) is 42.1 Å². The van der Waals surface area contributed by atoms with Crippen LogP contribution in [0.1, 0.15) is 110 Å². The second kappa shape index (κ2) is 23.5. The lowest BCUT2D eigenvalue weighted by Crippen LogP contribution is -2.44. The number of phosphoric acid groups is 1. The SMILES string of the molecule is CCCCCCCCCCCCC/C=C/[C@@H](O)[C@@H](NC(=O)CCCCCNc1ccc([N+](=O)[O-])c2nonc12)OP(=O)(O)OCC[N+](C)(C)C. The van der Waals surface area contributed by atoms with Crippen molar-refractivity contribution >= 4 is 36.1 Å². The molecule has 4 N–H and O–H groups in total. The number of anilines is 1. The molecule has 0 bridgehead atoms. The van der Waals surface area contributed by atoms with Crippen LogP contribution in [0.2, 0.25) is 0 Å². The molecule has 0 aliphatic carbocycles. The molecule has 50 heavy (non-hydrogen) atoms. The molecule has 0 aliphatic rings. The minimum atomic E-state index is -4.59. The number of nitro benzene ring substituents is 1. The van der Waals surface area contributed by atoms with Crippen LogP contribution < -0.4 is 10.6 Å². The molecular formula is C34H60N6O9P+. The highest BCUT2D eigenvalue weighted by molar-refractivity contribution is 7.47. The molecule has 1 aromatic heterocycles. The van der Waals surface area contributed by atoms with E-state index in [1.807, 2.05) is 27.2 Å². The Kier molecular flexibility index (Phi) is 20.3. The summed E-state index contributed by atoms with van der Waals surface area (Å²) in [5.74, 6) is -0.446. The number of carbonyl (C=O) groups excluding carboxylic acids is 1. The Bertz CT molecular complexity index is 1350. The van der Waals surface area contributed by atoms with E-state index >= 15 is 0 Å². The molecule has 284 valence electrons. The van der Waals surface area contributed by atoms with E-state index in [9.17, 15) is 29.5 Å². The van der Waals surface area contributed by atoms with E-state index in [-0.39, 0.29) is 29.7 Å². The number of aliphatic hydroxyl groups excluding tert-OH is 1. The van der Waals surface area contributed by atoms with Crippen LogP contribution in [0, 0.1) is 10.1 Å². The van der Waals surface area contributed by atoms with Gasteiger partial charge in [0.25, 0.3) is 0 Å². The number of hydrogen-bond acceptors (Lipinski definition) is 11. The average Bonchev–Trinajstić information content (AvgIpc) is 3.54. The topological polar surface area (TPSA) is 199 Å². The predicted octanol–water partition coefficient (Wildman–Crippen LogP) is 7.00. The first kappa shape index (κ1) is 43.2. The van der Waals surface area contributed by atoms with Crippen LogP contribution >= 0.6 is 7.82 Å². The van der Waals surface area contributed by atoms with Crippen molar-refractivity contribution in [1.82, 2.24) is 15.6 Å². The first-order chi connectivity index (χ1) is 23.8. The maximum atomic E-state index is 12.8. The number of nitrogens with one attached hydrogen (secondary N) is 2. The second-order valence-electron chi connectivity index (χ2n) is 13.7. The molecule has 0 saturated carbocycles. The number of allylic oxidation sites excluding steroid dienone is 1. The largest absolute Gasteiger partial charge is 0.474 e. The maximum absolute atomic E-state index is 12.8. The summed E-state index contributed by atoms with van der Waals surface area (Å²) in [6, 6.07) is 2.88. The number of nitrogens with zero attached hydrogens (tertiary/aromatic N) is 4. The number of non-ortho nitro benzene ring substituents is 1. The van der Waals surface area contributed by atoms with Crippen molar-refractivity contribution in [2.75, 3.05) is 46.2 Å². The average molecular weight is 728 g/mol. The Labute approximate surface area is 296 Å². The molecular weight excluding hydrogens is 667 g/mol. The van der Waals surface area contributed by atoms with Gasteiger partial charge in [0.05, 0.1) is 31.8 Å². The van der Waals surface area contributed by atoms with Gasteiger partial charge in [0.15, 0.2) is 11.7 Å². The summed E-state index contributed by atoms with van der Waals surface area (Å²) in [6.07, 6.45) is 16.7. The summed E-state index contributed by atoms with van der Waals surface area (Å²) in [5.41, 5.74) is 0.676. The Hall–Kier alpha value is -2.94. The number of likely N-dealkylation sites (N-methyl/N-ethyl adjacent to an activating group) is 1. The highest BCUT2D eigenvalue weighted by atomic mass is 31.2. The molecule has 2 aromatic rings. The number of amides is 1. The number of benzene rings is 1. The van der Waals surface area contributed by atoms with Gasteiger partial charge in [-0.25, -0.2) is 9.19 Å². The van der Waals surface area contributed by atoms with Gasteiger partial charge < -0.3 is 25.1 Å². The van der Waals surface area contributed by atoms with Crippen LogP contribution in [-0.4, -0.2) is 88.8 Å². The van der Waals surface area contributed by atoms with Gasteiger partial charge in [-0.3, -0.25) is 24.0 Å². The fourth-order valence-corrected chi connectivity index (χ4v) is 6.06. The second-order valence-corrected chi connectivity index (χ2v) is 15.1. The summed E-state index contributed by atoms with van der Waals surface area (Å²) in [6.45, 7) is 3.14. The van der Waals surface area contributed by atoms with Crippen molar-refractivity contribution in [3.05, 3.63) is 34.4 Å². The zero-order chi connectivity index (χ0) is 36.8. The first-order valence-corrected chi connectivity index (χ1v) is 19.6. The monoisotopic (exact) mass is 727 g/mol. The van der Waals surface area contributed by atoms with Gasteiger partial charge in [0.1, 0.15) is 19.3 Å². The van der Waals surface area contributed by atoms with Crippen molar-refractivity contribution in [2.24, 2.45) is 0 Å². The summed E-state index contributed by atoms with van der Waals surface area (Å²) < 4.78 is 28.3. The molecule has 0 spiro atoms. The van der Waals surface area contributed by atoms with E-state index < -0.39 is 31.0 Å². The van der Waals surface area contributed by atoms with Gasteiger partial charge in [-0.1, -0.05) is 89.7 Å². The minimum Gasteiger partial charge on any atom is -0.384 e. The first-order valence-electron chi connectivity index (χ1n) is 18.1. The van der Waals surface area contributed by atoms with Gasteiger partial charge in [-0.2, -0.15) is 0 Å². The quantitative estimate of drug-likeness (QED) is 0.0127. The molecule has 0 saturated heterocycles. The van der Waals surface area contributed by atoms with E-state index in [0.717, 1.165) is 19.3 Å². The Balaban J connectivity index is 1.78. The van der Waals surface area contributed by atoms with E-state index in [1.165, 1.54) is 69.9 Å². The van der Waals surface area contributed by atoms with Gasteiger partial charge >= 0.3 is 13.5 Å². The third-order valence-corrected chi connectivity index (χ3v) is 9.17. The fourth-order valence-electron chi connectivity index (χ4n) is 5.23. The number of hydrogen-bond donors (Lipinski definition) is 4. The van der Waals surface area contributed by atoms with Crippen LogP contribution in [0.3, 0.4) is 0 Å². The number of nitro groups is 1. The summed E-state index contributed by atoms with van der Waals surface area (Å²) >= 11 is 0. The number of carbonyl (C=O) groups is 1. The molecule has 0 fully saturated rings. The number of unbranched alkanes of at least 4 members (excludes halogenated alkanes) is 13. The molecule has 1 unspecified atom stereocenters. The van der Waals surface area contributed by atoms with Crippen molar-refractivity contribution in [3.8, 4) is 0 Å². The number of fused-ring (bicyclic) bond motifs is 1. The minimum absolute atomic E-state index is 0.0463. The zero-order valence-electron chi connectivity index (χ0n) is 30.4. The van der Waals surface area contributed by atoms with E-state index in [1.54, 1.807) is 6.07 Å². The molecule has 2 rings (SSSR count). The molecule has 16 heteroatoms. The van der Waals surface area contributed by atoms with Crippen LogP contribution in [0.5, 0.6) is 0 Å². The number of aliphatic hydroxyl groups is 1. The molecule has 15 nitrogen and oxygen atoms in total. The van der Waals surface area contributed by atoms with Gasteiger partial charge in [0, 0.05) is 19.0 Å². The van der Waals surface area contributed by atoms with Crippen molar-refractivity contribution in [3.63, 3.8) is 0 Å². The summed E-state index contributed by atoms with van der Waals surface area (Å²) in [7, 11) is 1.16. The van der Waals surface area contributed by atoms with E-state index in [2.05, 4.69) is 32.5 Å². The Morgan fingerprint density at radius 1 is 1.00 bits per heavy atom. The lowest BCUT2D eigenvalue weighted by Gasteiger charge is -2.26. The normalized spacial score (nSPS) is 14.5. The Morgan fingerprint density at radius 3 is 2.26 bits per heavy atom. The third-order valence-electron chi connectivity index (χ3n) is 8.17. The molecule has 3 atom stereocenters. The summed E-state index contributed by atoms with van der Waals surface area (Å²) in [4.78, 5) is 33.8. The predicted molar refractivity (Wildman–Crippen MR) is 193 cm³/mol. The van der Waals surface area contributed by atoms with Crippen molar-refractivity contribution in [2.45, 2.75) is 122 Å². The fraction of sp³-hybridized carbons (Fsp3) is 0.735. The smallest absolute Gasteiger partial charge is 0.384 e. The zero-order valence-corrected chi connectivity index (χ0v) is 31.3. The lowest BCUT2D eigenvalue weighted by atomic mass is 10.1. The summed E-state index contributed by atoms with van der Waals surface area (Å²) in [5, 5.41) is 35.1. The number of aromatic nitrogens is 2. The number of quaternary nitrogens is 1. The lowest BCUT2D eigenvalue weighted by molar-refractivity contribution is -0.870. The van der Waals surface area contributed by atoms with Crippen LogP contribution in [0.15, 0.2) is 28.9 Å². The van der Waals surface area contributed by atoms with Crippen molar-refractivity contribution in [1.29, 1.82) is 0 Å².